The molecule has 2 fully saturated rings. The van der Waals surface area contributed by atoms with E-state index in [-0.39, 0.29) is 0 Å². The quantitative estimate of drug-likeness (QED) is 0.723. The van der Waals surface area contributed by atoms with E-state index in [1.165, 1.54) is 23.3 Å². The lowest BCUT2D eigenvalue weighted by Gasteiger charge is -2.41. The molecule has 92 valence electrons. The lowest BCUT2D eigenvalue weighted by Crippen LogP contribution is -2.25. The minimum atomic E-state index is -1.60. The first kappa shape index (κ1) is 10.6. The average Bonchev–Trinajstić information content (AvgIpc) is 2.98. The third kappa shape index (κ3) is 1.36. The van der Waals surface area contributed by atoms with Crippen LogP contribution in [-0.4, -0.2) is 23.5 Å². The predicted molar refractivity (Wildman–Crippen MR) is 67.8 cm³/mol. The van der Waals surface area contributed by atoms with E-state index in [9.17, 15) is 0 Å². The van der Waals surface area contributed by atoms with E-state index < -0.39 is 10.8 Å². The fourth-order valence-corrected chi connectivity index (χ4v) is 6.23. The molecular formula is C12H14ClNO2S. The molecule has 0 N–H and O–H groups in total. The van der Waals surface area contributed by atoms with Gasteiger partial charge in [0.2, 0.25) is 0 Å². The maximum atomic E-state index is 6.08. The van der Waals surface area contributed by atoms with Gasteiger partial charge in [0.15, 0.2) is 0 Å². The molecule has 1 aromatic carbocycles. The van der Waals surface area contributed by atoms with Crippen molar-refractivity contribution in [1.29, 1.82) is 0 Å². The van der Waals surface area contributed by atoms with Crippen LogP contribution in [0.5, 0.6) is 0 Å². The van der Waals surface area contributed by atoms with E-state index in [1.54, 1.807) is 0 Å². The molecule has 0 amide bonds. The molecule has 5 heteroatoms. The Balaban J connectivity index is 1.82. The van der Waals surface area contributed by atoms with Gasteiger partial charge in [-0.05, 0) is 31.0 Å². The van der Waals surface area contributed by atoms with Gasteiger partial charge in [0, 0.05) is 17.1 Å². The first-order valence-electron chi connectivity index (χ1n) is 5.97. The zero-order chi connectivity index (χ0) is 11.5. The molecule has 1 spiro atoms. The van der Waals surface area contributed by atoms with E-state index in [1.807, 2.05) is 12.1 Å². The minimum absolute atomic E-state index is 0.562. The van der Waals surface area contributed by atoms with Crippen molar-refractivity contribution in [3.8, 4) is 0 Å². The smallest absolute Gasteiger partial charge is 0.100 e. The Morgan fingerprint density at radius 2 is 2.29 bits per heavy atom. The fraction of sp³-hybridized carbons (Fsp3) is 0.500. The highest BCUT2D eigenvalue weighted by Gasteiger charge is 2.49. The lowest BCUT2D eigenvalue weighted by molar-refractivity contribution is 0.279. The van der Waals surface area contributed by atoms with Gasteiger partial charge in [-0.15, -0.1) is 10.8 Å². The van der Waals surface area contributed by atoms with Crippen LogP contribution < -0.4 is 0 Å². The van der Waals surface area contributed by atoms with Crippen LogP contribution in [0.4, 0.5) is 0 Å². The summed E-state index contributed by atoms with van der Waals surface area (Å²) in [6.45, 7) is 2.55. The van der Waals surface area contributed by atoms with Gasteiger partial charge < -0.3 is 0 Å². The molecule has 3 nitrogen and oxygen atoms in total. The Morgan fingerprint density at radius 3 is 3.24 bits per heavy atom. The fourth-order valence-electron chi connectivity index (χ4n) is 2.94. The summed E-state index contributed by atoms with van der Waals surface area (Å²) in [5.74, 6) is 0. The first-order chi connectivity index (χ1) is 8.29. The van der Waals surface area contributed by atoms with E-state index in [0.717, 1.165) is 18.2 Å². The molecule has 2 atom stereocenters. The number of fused-ring (bicyclic) bond motifs is 4. The van der Waals surface area contributed by atoms with Crippen molar-refractivity contribution in [2.24, 2.45) is 0 Å². The standard InChI is InChI=1S/C12H14ClNO2S/c13-10-3-4-12-9(6-10)7-15-17(12)14-5-1-2-11(14)8-16-17/h3-4,6,11H,1-2,5,7-8H2. The number of hydrogen-bond donors (Lipinski definition) is 0. The third-order valence-corrected chi connectivity index (χ3v) is 6.91. The molecule has 2 unspecified atom stereocenters. The molecule has 17 heavy (non-hydrogen) atoms. The van der Waals surface area contributed by atoms with Crippen LogP contribution >= 0.6 is 22.4 Å². The molecule has 3 aliphatic heterocycles. The van der Waals surface area contributed by atoms with Crippen LogP contribution in [0.25, 0.3) is 0 Å². The first-order valence-corrected chi connectivity index (χ1v) is 7.79. The molecule has 2 saturated heterocycles. The monoisotopic (exact) mass is 271 g/mol. The van der Waals surface area contributed by atoms with Crippen molar-refractivity contribution in [1.82, 2.24) is 4.31 Å². The Kier molecular flexibility index (Phi) is 2.27. The number of hydrogen-bond acceptors (Lipinski definition) is 3. The van der Waals surface area contributed by atoms with Gasteiger partial charge in [-0.25, -0.2) is 0 Å². The van der Waals surface area contributed by atoms with Gasteiger partial charge >= 0.3 is 0 Å². The number of rotatable bonds is 0. The van der Waals surface area contributed by atoms with E-state index >= 15 is 0 Å². The normalized spacial score (nSPS) is 39.2. The van der Waals surface area contributed by atoms with Gasteiger partial charge in [-0.1, -0.05) is 11.6 Å². The topological polar surface area (TPSA) is 21.7 Å². The Labute approximate surface area is 108 Å². The molecule has 1 aromatic rings. The summed E-state index contributed by atoms with van der Waals surface area (Å²) in [5, 5.41) is 0.778. The summed E-state index contributed by atoms with van der Waals surface area (Å²) in [5.41, 5.74) is 1.19. The van der Waals surface area contributed by atoms with Gasteiger partial charge in [-0.3, -0.25) is 8.37 Å². The second-order valence-corrected chi connectivity index (χ2v) is 7.48. The Bertz CT molecular complexity index is 484. The van der Waals surface area contributed by atoms with Gasteiger partial charge in [0.05, 0.1) is 17.5 Å². The Hall–Kier alpha value is -0.260. The van der Waals surface area contributed by atoms with Gasteiger partial charge in [0.25, 0.3) is 0 Å². The second kappa shape index (κ2) is 3.62. The molecule has 4 rings (SSSR count). The number of halogens is 1. The lowest BCUT2D eigenvalue weighted by atomic mass is 10.2. The van der Waals surface area contributed by atoms with Gasteiger partial charge in [-0.2, -0.15) is 4.31 Å². The summed E-state index contributed by atoms with van der Waals surface area (Å²) in [6, 6.07) is 6.59. The molecule has 0 saturated carbocycles. The molecule has 0 aromatic heterocycles. The highest BCUT2D eigenvalue weighted by atomic mass is 35.5. The van der Waals surface area contributed by atoms with Crippen molar-refractivity contribution < 1.29 is 8.37 Å². The molecule has 0 bridgehead atoms. The maximum Gasteiger partial charge on any atom is 0.100 e. The highest BCUT2D eigenvalue weighted by molar-refractivity contribution is 8.24. The van der Waals surface area contributed by atoms with E-state index in [0.29, 0.717) is 12.6 Å². The minimum Gasteiger partial charge on any atom is -0.264 e. The van der Waals surface area contributed by atoms with E-state index in [4.69, 9.17) is 20.0 Å². The van der Waals surface area contributed by atoms with Crippen molar-refractivity contribution in [3.63, 3.8) is 0 Å². The molecular weight excluding hydrogens is 258 g/mol. The summed E-state index contributed by atoms with van der Waals surface area (Å²) in [7, 11) is -1.60. The summed E-state index contributed by atoms with van der Waals surface area (Å²) in [6.07, 6.45) is 2.50. The SMILES string of the molecule is Clc1ccc2c(c1)COS21OCC2CCCN21. The largest absolute Gasteiger partial charge is 0.264 e. The van der Waals surface area contributed by atoms with Crippen LogP contribution in [0.15, 0.2) is 23.1 Å². The van der Waals surface area contributed by atoms with E-state index in [2.05, 4.69) is 10.4 Å². The van der Waals surface area contributed by atoms with Gasteiger partial charge in [0.1, 0.15) is 6.61 Å². The second-order valence-electron chi connectivity index (χ2n) is 4.71. The number of nitrogens with zero attached hydrogens (tertiary/aromatic N) is 1. The summed E-state index contributed by atoms with van der Waals surface area (Å²) < 4.78 is 14.6. The van der Waals surface area contributed by atoms with Crippen molar-refractivity contribution >= 4 is 22.4 Å². The van der Waals surface area contributed by atoms with Crippen LogP contribution in [0.1, 0.15) is 18.4 Å². The molecule has 3 aliphatic rings. The van der Waals surface area contributed by atoms with Crippen LogP contribution in [0.2, 0.25) is 5.02 Å². The summed E-state index contributed by atoms with van der Waals surface area (Å²) in [4.78, 5) is 1.23. The average molecular weight is 272 g/mol. The number of benzene rings is 1. The van der Waals surface area contributed by atoms with Crippen molar-refractivity contribution in [3.05, 3.63) is 28.8 Å². The molecule has 0 aliphatic carbocycles. The summed E-state index contributed by atoms with van der Waals surface area (Å²) >= 11 is 6.03. The van der Waals surface area contributed by atoms with Crippen LogP contribution in [0, 0.1) is 0 Å². The molecule has 0 radical (unpaired) electrons. The highest BCUT2D eigenvalue weighted by Crippen LogP contribution is 2.70. The van der Waals surface area contributed by atoms with Crippen molar-refractivity contribution in [2.45, 2.75) is 30.4 Å². The molecule has 3 heterocycles. The predicted octanol–water partition coefficient (Wildman–Crippen LogP) is 3.27. The zero-order valence-corrected chi connectivity index (χ0v) is 11.0. The Morgan fingerprint density at radius 1 is 1.35 bits per heavy atom. The maximum absolute atomic E-state index is 6.08. The zero-order valence-electron chi connectivity index (χ0n) is 9.39. The van der Waals surface area contributed by atoms with Crippen LogP contribution in [-0.2, 0) is 15.0 Å². The van der Waals surface area contributed by atoms with Crippen molar-refractivity contribution in [2.75, 3.05) is 13.2 Å². The van der Waals surface area contributed by atoms with Crippen LogP contribution in [0.3, 0.4) is 0 Å². The third-order valence-electron chi connectivity index (χ3n) is 3.73.